The zero-order valence-electron chi connectivity index (χ0n) is 15.6. The molecule has 7 nitrogen and oxygen atoms in total. The van der Waals surface area contributed by atoms with E-state index in [4.69, 9.17) is 4.74 Å². The molecule has 0 atom stereocenters. The Hall–Kier alpha value is -3.49. The van der Waals surface area contributed by atoms with Crippen molar-refractivity contribution in [1.82, 2.24) is 0 Å². The van der Waals surface area contributed by atoms with Gasteiger partial charge in [0, 0.05) is 18.5 Å². The van der Waals surface area contributed by atoms with Crippen molar-refractivity contribution in [2.45, 2.75) is 0 Å². The van der Waals surface area contributed by atoms with Crippen molar-refractivity contribution in [1.29, 1.82) is 0 Å². The number of hydrogen-bond donors (Lipinski definition) is 3. The quantitative estimate of drug-likeness (QED) is 0.552. The van der Waals surface area contributed by atoms with Crippen molar-refractivity contribution < 1.29 is 19.1 Å². The second kappa shape index (κ2) is 9.63. The molecule has 0 saturated heterocycles. The molecule has 2 aromatic carbocycles. The maximum Gasteiger partial charge on any atom is 0.265 e. The average molecular weight is 409 g/mol. The minimum absolute atomic E-state index is 0.0616. The van der Waals surface area contributed by atoms with E-state index in [2.05, 4.69) is 16.0 Å². The summed E-state index contributed by atoms with van der Waals surface area (Å²) in [7, 11) is 1.44. The first-order valence-electron chi connectivity index (χ1n) is 8.71. The molecule has 3 N–H and O–H groups in total. The Labute approximate surface area is 171 Å². The minimum atomic E-state index is -0.382. The second-order valence-electron chi connectivity index (χ2n) is 5.99. The first-order chi connectivity index (χ1) is 14.1. The Balaban J connectivity index is 1.73. The van der Waals surface area contributed by atoms with Crippen LogP contribution in [0.3, 0.4) is 0 Å². The average Bonchev–Trinajstić information content (AvgIpc) is 3.24. The van der Waals surface area contributed by atoms with Crippen LogP contribution in [0.1, 0.15) is 20.0 Å². The minimum Gasteiger partial charge on any atom is -0.375 e. The number of hydrogen-bond acceptors (Lipinski definition) is 5. The highest BCUT2D eigenvalue weighted by Crippen LogP contribution is 2.21. The molecule has 0 fully saturated rings. The summed E-state index contributed by atoms with van der Waals surface area (Å²) in [6, 6.07) is 17.0. The summed E-state index contributed by atoms with van der Waals surface area (Å²) in [5.74, 6) is -0.951. The number of ether oxygens (including phenoxy) is 1. The van der Waals surface area contributed by atoms with Crippen molar-refractivity contribution in [2.24, 2.45) is 0 Å². The number of methoxy groups -OCH3 is 1. The third kappa shape index (κ3) is 5.50. The standard InChI is InChI=1S/C21H19N3O4S/c1-28-13-19(25)22-14-6-4-7-15(12-14)23-20(26)16-8-2-3-9-17(16)24-21(27)18-10-5-11-29-18/h2-12H,13H2,1H3,(H,22,25)(H,23,26)(H,24,27). The predicted molar refractivity (Wildman–Crippen MR) is 114 cm³/mol. The first-order valence-corrected chi connectivity index (χ1v) is 9.59. The van der Waals surface area contributed by atoms with Gasteiger partial charge in [0.05, 0.1) is 16.1 Å². The molecule has 1 aromatic heterocycles. The van der Waals surface area contributed by atoms with Crippen LogP contribution in [0.25, 0.3) is 0 Å². The fourth-order valence-electron chi connectivity index (χ4n) is 2.58. The van der Waals surface area contributed by atoms with Crippen LogP contribution in [0.15, 0.2) is 66.0 Å². The molecule has 29 heavy (non-hydrogen) atoms. The third-order valence-corrected chi connectivity index (χ3v) is 4.71. The van der Waals surface area contributed by atoms with E-state index >= 15 is 0 Å². The van der Waals surface area contributed by atoms with E-state index in [9.17, 15) is 14.4 Å². The van der Waals surface area contributed by atoms with Gasteiger partial charge in [0.1, 0.15) is 6.61 Å². The van der Waals surface area contributed by atoms with E-state index in [-0.39, 0.29) is 24.3 Å². The summed E-state index contributed by atoms with van der Waals surface area (Å²) in [6.45, 7) is -0.0616. The normalized spacial score (nSPS) is 10.2. The lowest BCUT2D eigenvalue weighted by Crippen LogP contribution is -2.18. The molecule has 1 heterocycles. The number of nitrogens with one attached hydrogen (secondary N) is 3. The molecular weight excluding hydrogens is 390 g/mol. The number of amides is 3. The third-order valence-electron chi connectivity index (χ3n) is 3.84. The van der Waals surface area contributed by atoms with Crippen LogP contribution in [0, 0.1) is 0 Å². The Bertz CT molecular complexity index is 1020. The Morgan fingerprint density at radius 1 is 0.862 bits per heavy atom. The Morgan fingerprint density at radius 2 is 1.62 bits per heavy atom. The highest BCUT2D eigenvalue weighted by atomic mass is 32.1. The lowest BCUT2D eigenvalue weighted by atomic mass is 10.1. The summed E-state index contributed by atoms with van der Waals surface area (Å²) in [4.78, 5) is 37.3. The molecule has 3 rings (SSSR count). The van der Waals surface area contributed by atoms with Crippen LogP contribution >= 0.6 is 11.3 Å². The van der Waals surface area contributed by atoms with E-state index in [1.54, 1.807) is 60.7 Å². The molecule has 0 radical (unpaired) electrons. The Kier molecular flexibility index (Phi) is 6.72. The van der Waals surface area contributed by atoms with Gasteiger partial charge < -0.3 is 20.7 Å². The van der Waals surface area contributed by atoms with Gasteiger partial charge >= 0.3 is 0 Å². The van der Waals surface area contributed by atoms with Crippen LogP contribution in [-0.2, 0) is 9.53 Å². The summed E-state index contributed by atoms with van der Waals surface area (Å²) in [5.41, 5.74) is 1.77. The highest BCUT2D eigenvalue weighted by Gasteiger charge is 2.15. The lowest BCUT2D eigenvalue weighted by molar-refractivity contribution is -0.119. The van der Waals surface area contributed by atoms with E-state index in [1.807, 2.05) is 5.38 Å². The van der Waals surface area contributed by atoms with Gasteiger partial charge in [-0.25, -0.2) is 0 Å². The molecular formula is C21H19N3O4S. The van der Waals surface area contributed by atoms with Crippen LogP contribution in [0.4, 0.5) is 17.1 Å². The first kappa shape index (κ1) is 20.2. The predicted octanol–water partition coefficient (Wildman–Crippen LogP) is 3.84. The van der Waals surface area contributed by atoms with Gasteiger partial charge in [0.15, 0.2) is 0 Å². The number of rotatable bonds is 7. The Morgan fingerprint density at radius 3 is 2.34 bits per heavy atom. The van der Waals surface area contributed by atoms with E-state index in [1.165, 1.54) is 18.4 Å². The van der Waals surface area contributed by atoms with Crippen molar-refractivity contribution in [3.05, 3.63) is 76.5 Å². The van der Waals surface area contributed by atoms with Gasteiger partial charge in [-0.1, -0.05) is 24.3 Å². The molecule has 0 bridgehead atoms. The van der Waals surface area contributed by atoms with Gasteiger partial charge in [0.2, 0.25) is 5.91 Å². The van der Waals surface area contributed by atoms with E-state index in [0.29, 0.717) is 27.5 Å². The smallest absolute Gasteiger partial charge is 0.265 e. The molecule has 0 aliphatic carbocycles. The number of carbonyl (C=O) groups is 3. The largest absolute Gasteiger partial charge is 0.375 e. The van der Waals surface area contributed by atoms with Gasteiger partial charge in [-0.2, -0.15) is 0 Å². The van der Waals surface area contributed by atoms with E-state index in [0.717, 1.165) is 0 Å². The number of thiophene rings is 1. The molecule has 148 valence electrons. The van der Waals surface area contributed by atoms with Gasteiger partial charge in [-0.15, -0.1) is 11.3 Å². The van der Waals surface area contributed by atoms with Gasteiger partial charge in [0.25, 0.3) is 11.8 Å². The van der Waals surface area contributed by atoms with Crippen molar-refractivity contribution in [2.75, 3.05) is 29.7 Å². The zero-order valence-corrected chi connectivity index (χ0v) is 16.4. The van der Waals surface area contributed by atoms with Gasteiger partial charge in [-0.05, 0) is 41.8 Å². The van der Waals surface area contributed by atoms with Crippen LogP contribution < -0.4 is 16.0 Å². The summed E-state index contributed by atoms with van der Waals surface area (Å²) in [6.07, 6.45) is 0. The second-order valence-corrected chi connectivity index (χ2v) is 6.94. The van der Waals surface area contributed by atoms with Crippen LogP contribution in [0.5, 0.6) is 0 Å². The summed E-state index contributed by atoms with van der Waals surface area (Å²) in [5, 5.41) is 10.0. The van der Waals surface area contributed by atoms with Crippen molar-refractivity contribution in [3.8, 4) is 0 Å². The SMILES string of the molecule is COCC(=O)Nc1cccc(NC(=O)c2ccccc2NC(=O)c2cccs2)c1. The molecule has 0 aliphatic heterocycles. The zero-order chi connectivity index (χ0) is 20.6. The topological polar surface area (TPSA) is 96.5 Å². The fraction of sp³-hybridized carbons (Fsp3) is 0.0952. The molecule has 0 unspecified atom stereocenters. The molecule has 3 amide bonds. The number of para-hydroxylation sites is 1. The fourth-order valence-corrected chi connectivity index (χ4v) is 3.20. The molecule has 0 aliphatic rings. The maximum atomic E-state index is 12.8. The van der Waals surface area contributed by atoms with Crippen LogP contribution in [-0.4, -0.2) is 31.4 Å². The summed E-state index contributed by atoms with van der Waals surface area (Å²) >= 11 is 1.32. The number of anilines is 3. The lowest BCUT2D eigenvalue weighted by Gasteiger charge is -2.12. The molecule has 0 saturated carbocycles. The van der Waals surface area contributed by atoms with E-state index < -0.39 is 0 Å². The maximum absolute atomic E-state index is 12.8. The van der Waals surface area contributed by atoms with Crippen molar-refractivity contribution in [3.63, 3.8) is 0 Å². The monoisotopic (exact) mass is 409 g/mol. The molecule has 0 spiro atoms. The molecule has 3 aromatic rings. The number of benzene rings is 2. The van der Waals surface area contributed by atoms with Gasteiger partial charge in [-0.3, -0.25) is 14.4 Å². The van der Waals surface area contributed by atoms with Crippen LogP contribution in [0.2, 0.25) is 0 Å². The highest BCUT2D eigenvalue weighted by molar-refractivity contribution is 7.12. The number of carbonyl (C=O) groups excluding carboxylic acids is 3. The molecule has 8 heteroatoms. The van der Waals surface area contributed by atoms with Crippen molar-refractivity contribution >= 4 is 46.1 Å². The summed E-state index contributed by atoms with van der Waals surface area (Å²) < 4.78 is 4.78.